The highest BCUT2D eigenvalue weighted by Crippen LogP contribution is 2.30. The third-order valence-electron chi connectivity index (χ3n) is 5.58. The van der Waals surface area contributed by atoms with Crippen molar-refractivity contribution in [2.24, 2.45) is 0 Å². The van der Waals surface area contributed by atoms with Gasteiger partial charge in [-0.25, -0.2) is 0 Å². The van der Waals surface area contributed by atoms with E-state index >= 15 is 0 Å². The first-order valence-corrected chi connectivity index (χ1v) is 9.96. The summed E-state index contributed by atoms with van der Waals surface area (Å²) < 4.78 is 10.5. The van der Waals surface area contributed by atoms with E-state index < -0.39 is 0 Å². The summed E-state index contributed by atoms with van der Waals surface area (Å²) in [6.07, 6.45) is 4.70. The molecule has 29 heavy (non-hydrogen) atoms. The zero-order valence-corrected chi connectivity index (χ0v) is 16.9. The standard InChI is InChI=1S/C22H26N4O3/c1-15-19(14-28-2)21(25-29-15)22(27)26-10-6-9-17(13-26)20-18(12-23-24-20)11-16-7-4-3-5-8-16/h3-5,7-8,12,17H,6,9-11,13-14H2,1-2H3,(H,23,24)/t17-/m0/s1. The lowest BCUT2D eigenvalue weighted by atomic mass is 9.90. The number of nitrogens with one attached hydrogen (secondary N) is 1. The smallest absolute Gasteiger partial charge is 0.276 e. The molecule has 1 N–H and O–H groups in total. The van der Waals surface area contributed by atoms with Crippen LogP contribution in [0.5, 0.6) is 0 Å². The zero-order chi connectivity index (χ0) is 20.2. The molecule has 4 rings (SSSR count). The minimum absolute atomic E-state index is 0.0947. The predicted molar refractivity (Wildman–Crippen MR) is 108 cm³/mol. The highest BCUT2D eigenvalue weighted by Gasteiger charge is 2.31. The molecule has 1 aliphatic heterocycles. The number of hydrogen-bond acceptors (Lipinski definition) is 5. The van der Waals surface area contributed by atoms with Gasteiger partial charge in [0.2, 0.25) is 0 Å². The Labute approximate surface area is 170 Å². The molecule has 3 aromatic rings. The first-order chi connectivity index (χ1) is 14.2. The van der Waals surface area contributed by atoms with Crippen LogP contribution in [0.3, 0.4) is 0 Å². The molecule has 0 spiro atoms. The molecule has 1 fully saturated rings. The van der Waals surface area contributed by atoms with Crippen LogP contribution >= 0.6 is 0 Å². The van der Waals surface area contributed by atoms with Gasteiger partial charge >= 0.3 is 0 Å². The minimum Gasteiger partial charge on any atom is -0.380 e. The molecular formula is C22H26N4O3. The van der Waals surface area contributed by atoms with E-state index in [1.165, 1.54) is 11.1 Å². The lowest BCUT2D eigenvalue weighted by molar-refractivity contribution is 0.0691. The second kappa shape index (κ2) is 8.61. The fraction of sp³-hybridized carbons (Fsp3) is 0.409. The number of rotatable bonds is 6. The molecule has 1 saturated heterocycles. The maximum absolute atomic E-state index is 13.1. The summed E-state index contributed by atoms with van der Waals surface area (Å²) >= 11 is 0. The Morgan fingerprint density at radius 1 is 1.34 bits per heavy atom. The van der Waals surface area contributed by atoms with E-state index in [-0.39, 0.29) is 11.8 Å². The van der Waals surface area contributed by atoms with Gasteiger partial charge in [-0.1, -0.05) is 35.5 Å². The van der Waals surface area contributed by atoms with Gasteiger partial charge in [-0.15, -0.1) is 0 Å². The number of carbonyl (C=O) groups is 1. The van der Waals surface area contributed by atoms with Crippen molar-refractivity contribution in [3.63, 3.8) is 0 Å². The molecule has 1 aliphatic rings. The summed E-state index contributed by atoms with van der Waals surface area (Å²) in [7, 11) is 1.60. The van der Waals surface area contributed by atoms with Gasteiger partial charge in [-0.3, -0.25) is 9.89 Å². The van der Waals surface area contributed by atoms with Crippen LogP contribution in [0.4, 0.5) is 0 Å². The molecule has 0 aliphatic carbocycles. The Kier molecular flexibility index (Phi) is 5.76. The van der Waals surface area contributed by atoms with Crippen molar-refractivity contribution in [1.29, 1.82) is 0 Å². The van der Waals surface area contributed by atoms with Gasteiger partial charge < -0.3 is 14.2 Å². The van der Waals surface area contributed by atoms with Gasteiger partial charge in [0.05, 0.1) is 18.4 Å². The lowest BCUT2D eigenvalue weighted by Crippen LogP contribution is -2.40. The van der Waals surface area contributed by atoms with E-state index in [2.05, 4.69) is 27.5 Å². The molecule has 3 heterocycles. The van der Waals surface area contributed by atoms with Gasteiger partial charge in [0, 0.05) is 38.2 Å². The van der Waals surface area contributed by atoms with Crippen LogP contribution < -0.4 is 0 Å². The first-order valence-electron chi connectivity index (χ1n) is 9.96. The van der Waals surface area contributed by atoms with Crippen molar-refractivity contribution < 1.29 is 14.1 Å². The molecule has 1 aromatic carbocycles. The number of amides is 1. The Morgan fingerprint density at radius 3 is 2.97 bits per heavy atom. The summed E-state index contributed by atoms with van der Waals surface area (Å²) in [6.45, 7) is 3.48. The Morgan fingerprint density at radius 2 is 2.17 bits per heavy atom. The molecule has 152 valence electrons. The number of aromatic amines is 1. The van der Waals surface area contributed by atoms with E-state index in [9.17, 15) is 4.79 Å². The number of carbonyl (C=O) groups excluding carboxylic acids is 1. The van der Waals surface area contributed by atoms with Gasteiger partial charge in [0.15, 0.2) is 5.69 Å². The Bertz CT molecular complexity index is 964. The van der Waals surface area contributed by atoms with E-state index in [1.54, 1.807) is 14.0 Å². The van der Waals surface area contributed by atoms with Crippen molar-refractivity contribution in [3.8, 4) is 0 Å². The molecular weight excluding hydrogens is 368 g/mol. The van der Waals surface area contributed by atoms with Crippen LogP contribution in [0.1, 0.15) is 57.4 Å². The molecule has 2 aromatic heterocycles. The number of ether oxygens (including phenoxy) is 1. The number of nitrogens with zero attached hydrogens (tertiary/aromatic N) is 3. The highest BCUT2D eigenvalue weighted by molar-refractivity contribution is 5.94. The maximum atomic E-state index is 13.1. The molecule has 0 radical (unpaired) electrons. The molecule has 7 heteroatoms. The van der Waals surface area contributed by atoms with Crippen LogP contribution in [-0.4, -0.2) is 46.4 Å². The van der Waals surface area contributed by atoms with E-state index in [0.717, 1.165) is 37.1 Å². The quantitative estimate of drug-likeness (QED) is 0.692. The average molecular weight is 394 g/mol. The van der Waals surface area contributed by atoms with E-state index in [0.29, 0.717) is 24.6 Å². The predicted octanol–water partition coefficient (Wildman–Crippen LogP) is 3.46. The fourth-order valence-corrected chi connectivity index (χ4v) is 4.05. The third-order valence-corrected chi connectivity index (χ3v) is 5.58. The Balaban J connectivity index is 1.51. The molecule has 0 saturated carbocycles. The van der Waals surface area contributed by atoms with Crippen LogP contribution in [0, 0.1) is 6.92 Å². The van der Waals surface area contributed by atoms with Gasteiger partial charge in [0.1, 0.15) is 5.76 Å². The fourth-order valence-electron chi connectivity index (χ4n) is 4.05. The van der Waals surface area contributed by atoms with Crippen molar-refractivity contribution in [3.05, 3.63) is 70.4 Å². The number of piperidine rings is 1. The second-order valence-electron chi connectivity index (χ2n) is 7.56. The molecule has 7 nitrogen and oxygen atoms in total. The average Bonchev–Trinajstić information content (AvgIpc) is 3.36. The number of likely N-dealkylation sites (tertiary alicyclic amines) is 1. The third kappa shape index (κ3) is 4.10. The van der Waals surface area contributed by atoms with E-state index in [1.807, 2.05) is 29.3 Å². The summed E-state index contributed by atoms with van der Waals surface area (Å²) in [5, 5.41) is 11.5. The number of aromatic nitrogens is 3. The molecule has 0 unspecified atom stereocenters. The van der Waals surface area contributed by atoms with Crippen molar-refractivity contribution in [2.45, 2.75) is 38.7 Å². The van der Waals surface area contributed by atoms with Gasteiger partial charge in [-0.2, -0.15) is 5.10 Å². The summed E-state index contributed by atoms with van der Waals surface area (Å²) in [5.41, 5.74) is 4.65. The molecule has 0 bridgehead atoms. The highest BCUT2D eigenvalue weighted by atomic mass is 16.5. The summed E-state index contributed by atoms with van der Waals surface area (Å²) in [5.74, 6) is 0.762. The number of hydrogen-bond donors (Lipinski definition) is 1. The largest absolute Gasteiger partial charge is 0.380 e. The van der Waals surface area contributed by atoms with Crippen molar-refractivity contribution in [2.75, 3.05) is 20.2 Å². The topological polar surface area (TPSA) is 84.2 Å². The van der Waals surface area contributed by atoms with E-state index in [4.69, 9.17) is 9.26 Å². The number of benzene rings is 1. The van der Waals surface area contributed by atoms with Crippen LogP contribution in [0.2, 0.25) is 0 Å². The van der Waals surface area contributed by atoms with Crippen LogP contribution in [-0.2, 0) is 17.8 Å². The van der Waals surface area contributed by atoms with Gasteiger partial charge in [0.25, 0.3) is 5.91 Å². The van der Waals surface area contributed by atoms with Crippen molar-refractivity contribution >= 4 is 5.91 Å². The second-order valence-corrected chi connectivity index (χ2v) is 7.56. The molecule has 1 amide bonds. The number of methoxy groups -OCH3 is 1. The molecule has 1 atom stereocenters. The Hall–Kier alpha value is -2.93. The van der Waals surface area contributed by atoms with Gasteiger partial charge in [-0.05, 0) is 30.9 Å². The van der Waals surface area contributed by atoms with Crippen LogP contribution in [0.25, 0.3) is 0 Å². The minimum atomic E-state index is -0.0947. The first kappa shape index (κ1) is 19.4. The van der Waals surface area contributed by atoms with Crippen molar-refractivity contribution in [1.82, 2.24) is 20.3 Å². The maximum Gasteiger partial charge on any atom is 0.276 e. The number of aryl methyl sites for hydroxylation is 1. The van der Waals surface area contributed by atoms with Crippen LogP contribution in [0.15, 0.2) is 41.1 Å². The SMILES string of the molecule is COCc1c(C(=O)N2CCC[C@H](c3[nH]ncc3Cc3ccccc3)C2)noc1C. The zero-order valence-electron chi connectivity index (χ0n) is 16.9. The summed E-state index contributed by atoms with van der Waals surface area (Å²) in [6, 6.07) is 10.4. The normalized spacial score (nSPS) is 16.9. The monoisotopic (exact) mass is 394 g/mol. The summed E-state index contributed by atoms with van der Waals surface area (Å²) in [4.78, 5) is 15.0. The number of H-pyrrole nitrogens is 1. The lowest BCUT2D eigenvalue weighted by Gasteiger charge is -2.32.